The second kappa shape index (κ2) is 12.6. The van der Waals surface area contributed by atoms with Crippen molar-refractivity contribution >= 4 is 18.0 Å². The smallest absolute Gasteiger partial charge is 0.407 e. The van der Waals surface area contributed by atoms with Crippen molar-refractivity contribution < 1.29 is 24.2 Å². The monoisotopic (exact) mass is 555 g/mol. The number of piperidine rings is 1. The molecule has 3 aromatic carbocycles. The van der Waals surface area contributed by atoms with Crippen LogP contribution in [-0.2, 0) is 20.9 Å². The summed E-state index contributed by atoms with van der Waals surface area (Å²) < 4.78 is 5.75. The van der Waals surface area contributed by atoms with E-state index in [-0.39, 0.29) is 37.4 Å². The molecule has 1 heterocycles. The second-order valence-corrected chi connectivity index (χ2v) is 11.3. The molecule has 0 spiro atoms. The molecule has 0 aromatic heterocycles. The maximum Gasteiger partial charge on any atom is 0.407 e. The summed E-state index contributed by atoms with van der Waals surface area (Å²) in [7, 11) is 1.89. The molecule has 8 heteroatoms. The molecule has 5 rings (SSSR count). The Kier molecular flexibility index (Phi) is 8.69. The number of amides is 2. The Morgan fingerprint density at radius 2 is 1.56 bits per heavy atom. The molecule has 2 N–H and O–H groups in total. The van der Waals surface area contributed by atoms with E-state index in [1.54, 1.807) is 4.90 Å². The lowest BCUT2D eigenvalue weighted by molar-refractivity contribution is -0.147. The van der Waals surface area contributed by atoms with Crippen LogP contribution in [0, 0.1) is 11.8 Å². The quantitative estimate of drug-likeness (QED) is 0.401. The lowest BCUT2D eigenvalue weighted by atomic mass is 9.90. The van der Waals surface area contributed by atoms with Gasteiger partial charge in [-0.25, -0.2) is 4.79 Å². The number of carboxylic acid groups (broad SMARTS) is 1. The number of carbonyl (C=O) groups excluding carboxylic acids is 2. The summed E-state index contributed by atoms with van der Waals surface area (Å²) in [5, 5.41) is 12.4. The summed E-state index contributed by atoms with van der Waals surface area (Å²) in [6.45, 7) is 3.51. The molecule has 1 saturated heterocycles. The standard InChI is InChI=1S/C33H37N3O5/c1-22-16-24(32(38)39)19-36(17-22)31(37)30(20-35(2)18-23-10-4-3-5-11-23)34-33(40)41-21-29-27-14-8-6-12-25(27)26-13-7-9-15-28(26)29/h3-15,22,24,29-30H,16-21H2,1-2H3,(H,34,40)(H,38,39). The van der Waals surface area contributed by atoms with E-state index in [1.165, 1.54) is 0 Å². The van der Waals surface area contributed by atoms with Gasteiger partial charge in [0.2, 0.25) is 5.91 Å². The van der Waals surface area contributed by atoms with Crippen LogP contribution in [0.2, 0.25) is 0 Å². The van der Waals surface area contributed by atoms with Gasteiger partial charge in [0.1, 0.15) is 12.6 Å². The summed E-state index contributed by atoms with van der Waals surface area (Å²) in [6, 6.07) is 25.3. The third kappa shape index (κ3) is 6.60. The van der Waals surface area contributed by atoms with Gasteiger partial charge in [0.25, 0.3) is 0 Å². The van der Waals surface area contributed by atoms with Crippen molar-refractivity contribution in [3.05, 3.63) is 95.6 Å². The number of nitrogens with zero attached hydrogens (tertiary/aromatic N) is 2. The largest absolute Gasteiger partial charge is 0.481 e. The first-order valence-corrected chi connectivity index (χ1v) is 14.2. The Morgan fingerprint density at radius 1 is 0.951 bits per heavy atom. The predicted molar refractivity (Wildman–Crippen MR) is 156 cm³/mol. The van der Waals surface area contributed by atoms with Crippen LogP contribution >= 0.6 is 0 Å². The average Bonchev–Trinajstić information content (AvgIpc) is 3.29. The number of fused-ring (bicyclic) bond motifs is 3. The normalized spacial score (nSPS) is 18.9. The van der Waals surface area contributed by atoms with Crippen molar-refractivity contribution in [3.8, 4) is 11.1 Å². The van der Waals surface area contributed by atoms with Crippen LogP contribution in [0.3, 0.4) is 0 Å². The minimum Gasteiger partial charge on any atom is -0.481 e. The number of likely N-dealkylation sites (tertiary alicyclic amines) is 1. The molecular formula is C33H37N3O5. The lowest BCUT2D eigenvalue weighted by Gasteiger charge is -2.37. The van der Waals surface area contributed by atoms with E-state index >= 15 is 0 Å². The zero-order valence-corrected chi connectivity index (χ0v) is 23.5. The van der Waals surface area contributed by atoms with Crippen molar-refractivity contribution in [1.29, 1.82) is 0 Å². The molecule has 3 aromatic rings. The fourth-order valence-electron chi connectivity index (χ4n) is 6.17. The number of hydrogen-bond donors (Lipinski definition) is 2. The summed E-state index contributed by atoms with van der Waals surface area (Å²) in [5.74, 6) is -1.87. The number of aliphatic carboxylic acids is 1. The first kappa shape index (κ1) is 28.4. The van der Waals surface area contributed by atoms with Crippen LogP contribution in [-0.4, -0.2) is 72.2 Å². The van der Waals surface area contributed by atoms with E-state index in [0.717, 1.165) is 27.8 Å². The highest BCUT2D eigenvalue weighted by molar-refractivity contribution is 5.87. The average molecular weight is 556 g/mol. The number of nitrogens with one attached hydrogen (secondary N) is 1. The van der Waals surface area contributed by atoms with E-state index < -0.39 is 24.0 Å². The Balaban J connectivity index is 1.29. The van der Waals surface area contributed by atoms with Gasteiger partial charge < -0.3 is 20.1 Å². The van der Waals surface area contributed by atoms with E-state index in [1.807, 2.05) is 73.5 Å². The van der Waals surface area contributed by atoms with E-state index in [0.29, 0.717) is 19.5 Å². The topological polar surface area (TPSA) is 99.2 Å². The SMILES string of the molecule is CC1CC(C(=O)O)CN(C(=O)C(CN(C)Cc2ccccc2)NC(=O)OCC2c3ccccc3-c3ccccc32)C1. The molecule has 1 aliphatic carbocycles. The third-order valence-electron chi connectivity index (χ3n) is 8.04. The van der Waals surface area contributed by atoms with Crippen molar-refractivity contribution in [2.75, 3.05) is 33.3 Å². The summed E-state index contributed by atoms with van der Waals surface area (Å²) >= 11 is 0. The number of carbonyl (C=O) groups is 3. The summed E-state index contributed by atoms with van der Waals surface area (Å²) in [4.78, 5) is 42.2. The number of carboxylic acids is 1. The molecule has 8 nitrogen and oxygen atoms in total. The van der Waals surface area contributed by atoms with Gasteiger partial charge in [-0.2, -0.15) is 0 Å². The van der Waals surface area contributed by atoms with E-state index in [4.69, 9.17) is 4.74 Å². The van der Waals surface area contributed by atoms with Crippen LogP contribution in [0.25, 0.3) is 11.1 Å². The van der Waals surface area contributed by atoms with Gasteiger partial charge in [-0.3, -0.25) is 14.5 Å². The van der Waals surface area contributed by atoms with Crippen molar-refractivity contribution in [2.45, 2.75) is 31.8 Å². The van der Waals surface area contributed by atoms with Crippen LogP contribution in [0.1, 0.15) is 36.0 Å². The molecule has 0 radical (unpaired) electrons. The molecule has 1 fully saturated rings. The van der Waals surface area contributed by atoms with E-state index in [2.05, 4.69) is 29.6 Å². The van der Waals surface area contributed by atoms with Gasteiger partial charge >= 0.3 is 12.1 Å². The zero-order valence-electron chi connectivity index (χ0n) is 23.5. The Morgan fingerprint density at radius 3 is 2.20 bits per heavy atom. The summed E-state index contributed by atoms with van der Waals surface area (Å²) in [5.41, 5.74) is 5.58. The number of ether oxygens (including phenoxy) is 1. The maximum absolute atomic E-state index is 13.8. The third-order valence-corrected chi connectivity index (χ3v) is 8.04. The Labute approximate surface area is 240 Å². The van der Waals surface area contributed by atoms with Crippen molar-refractivity contribution in [1.82, 2.24) is 15.1 Å². The van der Waals surface area contributed by atoms with Gasteiger partial charge in [0, 0.05) is 32.1 Å². The highest BCUT2D eigenvalue weighted by Crippen LogP contribution is 2.44. The van der Waals surface area contributed by atoms with Gasteiger partial charge in [0.15, 0.2) is 0 Å². The molecule has 0 saturated carbocycles. The molecule has 0 bridgehead atoms. The fourth-order valence-corrected chi connectivity index (χ4v) is 6.17. The van der Waals surface area contributed by atoms with Crippen LogP contribution in [0.4, 0.5) is 4.79 Å². The second-order valence-electron chi connectivity index (χ2n) is 11.3. The Bertz CT molecular complexity index is 1350. The molecule has 214 valence electrons. The minimum absolute atomic E-state index is 0.0472. The number of likely N-dealkylation sites (N-methyl/N-ethyl adjacent to an activating group) is 1. The molecule has 3 unspecified atom stereocenters. The van der Waals surface area contributed by atoms with Gasteiger partial charge in [-0.15, -0.1) is 0 Å². The zero-order chi connectivity index (χ0) is 28.9. The van der Waals surface area contributed by atoms with Crippen LogP contribution in [0.15, 0.2) is 78.9 Å². The first-order valence-electron chi connectivity index (χ1n) is 14.2. The number of alkyl carbamates (subject to hydrolysis) is 1. The van der Waals surface area contributed by atoms with Crippen molar-refractivity contribution in [2.24, 2.45) is 11.8 Å². The number of hydrogen-bond acceptors (Lipinski definition) is 5. The van der Waals surface area contributed by atoms with Crippen LogP contribution < -0.4 is 5.32 Å². The van der Waals surface area contributed by atoms with Gasteiger partial charge in [0.05, 0.1) is 5.92 Å². The summed E-state index contributed by atoms with van der Waals surface area (Å²) in [6.07, 6.45) is -0.143. The highest BCUT2D eigenvalue weighted by Gasteiger charge is 2.36. The molecule has 2 aliphatic rings. The van der Waals surface area contributed by atoms with Crippen LogP contribution in [0.5, 0.6) is 0 Å². The molecule has 1 aliphatic heterocycles. The Hall–Kier alpha value is -4.17. The number of rotatable bonds is 9. The molecular weight excluding hydrogens is 518 g/mol. The molecule has 3 atom stereocenters. The predicted octanol–water partition coefficient (Wildman–Crippen LogP) is 4.59. The van der Waals surface area contributed by atoms with Gasteiger partial charge in [-0.05, 0) is 47.2 Å². The van der Waals surface area contributed by atoms with Crippen molar-refractivity contribution in [3.63, 3.8) is 0 Å². The first-order chi connectivity index (χ1) is 19.8. The van der Waals surface area contributed by atoms with E-state index in [9.17, 15) is 19.5 Å². The molecule has 41 heavy (non-hydrogen) atoms. The number of benzene rings is 3. The minimum atomic E-state index is -0.906. The molecule has 2 amide bonds. The highest BCUT2D eigenvalue weighted by atomic mass is 16.5. The fraction of sp³-hybridized carbons (Fsp3) is 0.364. The van der Waals surface area contributed by atoms with Gasteiger partial charge in [-0.1, -0.05) is 85.8 Å². The lowest BCUT2D eigenvalue weighted by Crippen LogP contribution is -2.56. The maximum atomic E-state index is 13.8.